The standard InChI is InChI=1S/C28H25F3N4O4S/c1-14-3-7-18(8-4-14)40(37,38)35-13-20(19-10-17(29)11-21(30)25(19)35)26-32-12-22(31)27(34-26)33-24-16-6-5-15(9-16)23(24)28(36)39-2/h3-4,7-8,10-13,15-16,23-24H,5-6,9H2,1-2H3,(H,32,33,34)/t15-,16+,23+,24-/m1/s1. The largest absolute Gasteiger partial charge is 0.469 e. The van der Waals surface area contributed by atoms with Gasteiger partial charge in [0.2, 0.25) is 0 Å². The van der Waals surface area contributed by atoms with Crippen LogP contribution >= 0.6 is 0 Å². The van der Waals surface area contributed by atoms with Crippen LogP contribution in [0, 0.1) is 42.1 Å². The SMILES string of the molecule is COC(=O)[C@H]1[C@@H]2CC[C@@H](C2)[C@H]1Nc1nc(-c2cn(S(=O)(=O)c3ccc(C)cc3)c3c(F)cc(F)cc23)ncc1F. The maximum atomic E-state index is 15.1. The molecule has 0 radical (unpaired) electrons. The van der Waals surface area contributed by atoms with Gasteiger partial charge < -0.3 is 10.1 Å². The number of nitrogens with one attached hydrogen (secondary N) is 1. The summed E-state index contributed by atoms with van der Waals surface area (Å²) in [5.74, 6) is -3.76. The Labute approximate surface area is 228 Å². The Hall–Kier alpha value is -3.93. The average molecular weight is 571 g/mol. The Morgan fingerprint density at radius 2 is 1.80 bits per heavy atom. The number of methoxy groups -OCH3 is 1. The lowest BCUT2D eigenvalue weighted by Gasteiger charge is -2.30. The van der Waals surface area contributed by atoms with Crippen molar-refractivity contribution in [2.75, 3.05) is 12.4 Å². The molecule has 2 aliphatic rings. The Balaban J connectivity index is 1.46. The number of rotatable bonds is 6. The van der Waals surface area contributed by atoms with Crippen LogP contribution in [0.15, 0.2) is 53.7 Å². The highest BCUT2D eigenvalue weighted by molar-refractivity contribution is 7.90. The predicted octanol–water partition coefficient (Wildman–Crippen LogP) is 5.06. The van der Waals surface area contributed by atoms with Gasteiger partial charge in [-0.05, 0) is 56.2 Å². The lowest BCUT2D eigenvalue weighted by atomic mass is 9.84. The van der Waals surface area contributed by atoms with Crippen LogP contribution in [-0.4, -0.2) is 41.5 Å². The molecule has 2 aromatic heterocycles. The van der Waals surface area contributed by atoms with Crippen LogP contribution in [0.2, 0.25) is 0 Å². The molecule has 2 bridgehead atoms. The van der Waals surface area contributed by atoms with Gasteiger partial charge in [0.15, 0.2) is 23.3 Å². The molecule has 6 rings (SSSR count). The van der Waals surface area contributed by atoms with Crippen molar-refractivity contribution in [2.45, 2.75) is 37.1 Å². The number of ether oxygens (including phenoxy) is 1. The summed E-state index contributed by atoms with van der Waals surface area (Å²) in [6.07, 6.45) is 4.57. The maximum Gasteiger partial charge on any atom is 0.311 e. The average Bonchev–Trinajstić information content (AvgIpc) is 3.64. The normalized spacial score (nSPS) is 22.1. The molecule has 208 valence electrons. The van der Waals surface area contributed by atoms with E-state index in [9.17, 15) is 22.0 Å². The van der Waals surface area contributed by atoms with E-state index in [4.69, 9.17) is 4.74 Å². The number of fused-ring (bicyclic) bond motifs is 3. The van der Waals surface area contributed by atoms with Gasteiger partial charge in [0.1, 0.15) is 11.3 Å². The number of nitrogens with zero attached hydrogens (tertiary/aromatic N) is 3. The fourth-order valence-electron chi connectivity index (χ4n) is 6.17. The smallest absolute Gasteiger partial charge is 0.311 e. The first-order valence-corrected chi connectivity index (χ1v) is 14.2. The van der Waals surface area contributed by atoms with E-state index in [0.717, 1.165) is 47.3 Å². The Morgan fingerprint density at radius 3 is 2.52 bits per heavy atom. The fraction of sp³-hybridized carbons (Fsp3) is 0.321. The van der Waals surface area contributed by atoms with E-state index in [2.05, 4.69) is 15.3 Å². The van der Waals surface area contributed by atoms with Gasteiger partial charge in [0.05, 0.1) is 24.1 Å². The third-order valence-electron chi connectivity index (χ3n) is 8.04. The highest BCUT2D eigenvalue weighted by atomic mass is 32.2. The predicted molar refractivity (Wildman–Crippen MR) is 140 cm³/mol. The van der Waals surface area contributed by atoms with Gasteiger partial charge in [0, 0.05) is 29.3 Å². The number of hydrogen-bond acceptors (Lipinski definition) is 7. The quantitative estimate of drug-likeness (QED) is 0.323. The molecule has 2 fully saturated rings. The van der Waals surface area contributed by atoms with Gasteiger partial charge >= 0.3 is 5.97 Å². The third kappa shape index (κ3) is 4.21. The van der Waals surface area contributed by atoms with Crippen molar-refractivity contribution in [1.29, 1.82) is 0 Å². The zero-order valence-electron chi connectivity index (χ0n) is 21.6. The van der Waals surface area contributed by atoms with Crippen molar-refractivity contribution < 1.29 is 31.1 Å². The van der Waals surface area contributed by atoms with Crippen LogP contribution in [0.3, 0.4) is 0 Å². The van der Waals surface area contributed by atoms with Crippen LogP contribution < -0.4 is 5.32 Å². The molecule has 40 heavy (non-hydrogen) atoms. The van der Waals surface area contributed by atoms with Crippen molar-refractivity contribution in [3.8, 4) is 11.4 Å². The van der Waals surface area contributed by atoms with Crippen LogP contribution in [-0.2, 0) is 19.6 Å². The highest BCUT2D eigenvalue weighted by Gasteiger charge is 2.51. The topological polar surface area (TPSA) is 103 Å². The first-order chi connectivity index (χ1) is 19.1. The number of esters is 1. The number of benzene rings is 2. The molecule has 0 saturated heterocycles. The summed E-state index contributed by atoms with van der Waals surface area (Å²) in [4.78, 5) is 20.7. The van der Waals surface area contributed by atoms with E-state index in [-0.39, 0.29) is 45.3 Å². The van der Waals surface area contributed by atoms with Crippen molar-refractivity contribution >= 4 is 32.7 Å². The van der Waals surface area contributed by atoms with Gasteiger partial charge in [-0.3, -0.25) is 4.79 Å². The van der Waals surface area contributed by atoms with E-state index < -0.39 is 45.0 Å². The number of hydrogen-bond donors (Lipinski definition) is 1. The zero-order chi connectivity index (χ0) is 28.3. The second-order valence-corrected chi connectivity index (χ2v) is 12.2. The number of aromatic nitrogens is 3. The molecule has 4 aromatic rings. The van der Waals surface area contributed by atoms with Crippen LogP contribution in [0.1, 0.15) is 24.8 Å². The Bertz CT molecular complexity index is 1760. The molecule has 0 amide bonds. The molecule has 2 saturated carbocycles. The van der Waals surface area contributed by atoms with E-state index in [1.807, 2.05) is 0 Å². The van der Waals surface area contributed by atoms with Crippen LogP contribution in [0.5, 0.6) is 0 Å². The Morgan fingerprint density at radius 1 is 1.07 bits per heavy atom. The number of halogens is 3. The van der Waals surface area contributed by atoms with Gasteiger partial charge in [0.25, 0.3) is 10.0 Å². The molecule has 0 unspecified atom stereocenters. The molecule has 0 aliphatic heterocycles. The van der Waals surface area contributed by atoms with Crippen molar-refractivity contribution in [1.82, 2.24) is 13.9 Å². The van der Waals surface area contributed by atoms with Crippen LogP contribution in [0.25, 0.3) is 22.3 Å². The fourth-order valence-corrected chi connectivity index (χ4v) is 7.55. The third-order valence-corrected chi connectivity index (χ3v) is 9.71. The number of anilines is 1. The van der Waals surface area contributed by atoms with E-state index in [1.54, 1.807) is 19.1 Å². The molecule has 2 aliphatic carbocycles. The monoisotopic (exact) mass is 570 g/mol. The van der Waals surface area contributed by atoms with Crippen molar-refractivity contribution in [3.63, 3.8) is 0 Å². The van der Waals surface area contributed by atoms with Crippen molar-refractivity contribution in [2.24, 2.45) is 17.8 Å². The number of carbonyl (C=O) groups is 1. The zero-order valence-corrected chi connectivity index (χ0v) is 22.4. The first-order valence-electron chi connectivity index (χ1n) is 12.8. The van der Waals surface area contributed by atoms with Gasteiger partial charge in [-0.2, -0.15) is 0 Å². The molecule has 0 spiro atoms. The van der Waals surface area contributed by atoms with Gasteiger partial charge in [-0.25, -0.2) is 35.5 Å². The second-order valence-electron chi connectivity index (χ2n) is 10.4. The van der Waals surface area contributed by atoms with Gasteiger partial charge in [-0.15, -0.1) is 0 Å². The summed E-state index contributed by atoms with van der Waals surface area (Å²) in [6.45, 7) is 1.80. The van der Waals surface area contributed by atoms with E-state index >= 15 is 4.39 Å². The summed E-state index contributed by atoms with van der Waals surface area (Å²) in [6, 6.07) is 7.15. The Kier molecular flexibility index (Phi) is 6.32. The molecule has 12 heteroatoms. The maximum absolute atomic E-state index is 15.1. The minimum absolute atomic E-state index is 0.00963. The lowest BCUT2D eigenvalue weighted by molar-refractivity contribution is -0.147. The minimum Gasteiger partial charge on any atom is -0.469 e. The number of aryl methyl sites for hydroxylation is 1. The molecule has 2 aromatic carbocycles. The summed E-state index contributed by atoms with van der Waals surface area (Å²) < 4.78 is 77.2. The van der Waals surface area contributed by atoms with Gasteiger partial charge in [-0.1, -0.05) is 17.7 Å². The minimum atomic E-state index is -4.31. The molecule has 1 N–H and O–H groups in total. The van der Waals surface area contributed by atoms with E-state index in [1.165, 1.54) is 19.2 Å². The molecule has 8 nitrogen and oxygen atoms in total. The highest BCUT2D eigenvalue weighted by Crippen LogP contribution is 2.50. The molecular weight excluding hydrogens is 545 g/mol. The summed E-state index contributed by atoms with van der Waals surface area (Å²) in [5, 5.41) is 2.96. The summed E-state index contributed by atoms with van der Waals surface area (Å²) in [7, 11) is -3.00. The van der Waals surface area contributed by atoms with Crippen LogP contribution in [0.4, 0.5) is 19.0 Å². The molecular formula is C28H25F3N4O4S. The number of carbonyl (C=O) groups excluding carboxylic acids is 1. The first kappa shape index (κ1) is 26.3. The lowest BCUT2D eigenvalue weighted by Crippen LogP contribution is -2.40. The molecule has 2 heterocycles. The van der Waals surface area contributed by atoms with Crippen molar-refractivity contribution in [3.05, 3.63) is 71.8 Å². The summed E-state index contributed by atoms with van der Waals surface area (Å²) >= 11 is 0. The second kappa shape index (κ2) is 9.61. The van der Waals surface area contributed by atoms with E-state index in [0.29, 0.717) is 6.07 Å². The summed E-state index contributed by atoms with van der Waals surface area (Å²) in [5.41, 5.74) is 0.429. The molecule has 4 atom stereocenters.